The van der Waals surface area contributed by atoms with Crippen molar-refractivity contribution in [2.45, 2.75) is 19.8 Å². The molecule has 0 fully saturated rings. The number of benzene rings is 1. The maximum absolute atomic E-state index is 12.1. The smallest absolute Gasteiger partial charge is 0.260 e. The Hall–Kier alpha value is -2.56. The number of ether oxygens (including phenoxy) is 2. The van der Waals surface area contributed by atoms with Crippen LogP contribution >= 0.6 is 0 Å². The van der Waals surface area contributed by atoms with Crippen molar-refractivity contribution in [1.29, 1.82) is 0 Å². The maximum atomic E-state index is 12.1. The summed E-state index contributed by atoms with van der Waals surface area (Å²) in [6.07, 6.45) is 3.46. The van der Waals surface area contributed by atoms with Crippen molar-refractivity contribution in [3.63, 3.8) is 0 Å². The number of nitrogens with zero attached hydrogens (tertiary/aromatic N) is 2. The number of aromatic nitrogens is 1. The van der Waals surface area contributed by atoms with Crippen LogP contribution in [0, 0.1) is 0 Å². The predicted molar refractivity (Wildman–Crippen MR) is 93.3 cm³/mol. The number of amides is 1. The minimum absolute atomic E-state index is 0.0217. The fourth-order valence-corrected chi connectivity index (χ4v) is 2.06. The Kier molecular flexibility index (Phi) is 7.08. The third-order valence-electron chi connectivity index (χ3n) is 3.51. The fraction of sp³-hybridized carbons (Fsp3) is 0.368. The first-order chi connectivity index (χ1) is 11.7. The van der Waals surface area contributed by atoms with Gasteiger partial charge in [0.25, 0.3) is 5.91 Å². The van der Waals surface area contributed by atoms with Gasteiger partial charge in [-0.15, -0.1) is 0 Å². The van der Waals surface area contributed by atoms with Gasteiger partial charge < -0.3 is 14.4 Å². The molecule has 0 spiro atoms. The first-order valence-corrected chi connectivity index (χ1v) is 8.18. The van der Waals surface area contributed by atoms with E-state index in [0.717, 1.165) is 24.3 Å². The van der Waals surface area contributed by atoms with Gasteiger partial charge in [0.15, 0.2) is 6.61 Å². The average Bonchev–Trinajstić information content (AvgIpc) is 2.64. The molecular weight excluding hydrogens is 304 g/mol. The summed E-state index contributed by atoms with van der Waals surface area (Å²) in [6, 6.07) is 13.1. The van der Waals surface area contributed by atoms with Crippen LogP contribution in [-0.2, 0) is 11.2 Å². The molecule has 2 aromatic rings. The summed E-state index contributed by atoms with van der Waals surface area (Å²) in [5.74, 6) is 1.41. The van der Waals surface area contributed by atoms with E-state index < -0.39 is 0 Å². The van der Waals surface area contributed by atoms with Gasteiger partial charge in [-0.1, -0.05) is 13.0 Å². The minimum atomic E-state index is -0.0581. The van der Waals surface area contributed by atoms with E-state index in [2.05, 4.69) is 11.9 Å². The Bertz CT molecular complexity index is 614. The summed E-state index contributed by atoms with van der Waals surface area (Å²) in [7, 11) is 1.77. The largest absolute Gasteiger partial charge is 0.494 e. The van der Waals surface area contributed by atoms with Crippen LogP contribution < -0.4 is 9.47 Å². The first kappa shape index (κ1) is 17.8. The van der Waals surface area contributed by atoms with Gasteiger partial charge in [-0.25, -0.2) is 0 Å². The molecule has 128 valence electrons. The molecule has 5 heteroatoms. The van der Waals surface area contributed by atoms with Gasteiger partial charge in [0, 0.05) is 31.9 Å². The van der Waals surface area contributed by atoms with Crippen LogP contribution in [0.25, 0.3) is 0 Å². The van der Waals surface area contributed by atoms with Gasteiger partial charge in [-0.2, -0.15) is 0 Å². The molecule has 0 radical (unpaired) electrons. The lowest BCUT2D eigenvalue weighted by Crippen LogP contribution is -2.33. The highest BCUT2D eigenvalue weighted by Crippen LogP contribution is 2.17. The number of pyridine rings is 1. The summed E-state index contributed by atoms with van der Waals surface area (Å²) in [6.45, 7) is 3.39. The number of hydrogen-bond acceptors (Lipinski definition) is 4. The summed E-state index contributed by atoms with van der Waals surface area (Å²) in [5.41, 5.74) is 0.973. The average molecular weight is 328 g/mol. The lowest BCUT2D eigenvalue weighted by Gasteiger charge is -2.17. The van der Waals surface area contributed by atoms with E-state index in [-0.39, 0.29) is 12.5 Å². The molecule has 1 amide bonds. The Morgan fingerprint density at radius 3 is 2.42 bits per heavy atom. The summed E-state index contributed by atoms with van der Waals surface area (Å²) in [4.78, 5) is 18.0. The third-order valence-corrected chi connectivity index (χ3v) is 3.51. The highest BCUT2D eigenvalue weighted by molar-refractivity contribution is 5.77. The van der Waals surface area contributed by atoms with Gasteiger partial charge in [-0.3, -0.25) is 9.78 Å². The van der Waals surface area contributed by atoms with Crippen molar-refractivity contribution in [2.24, 2.45) is 0 Å². The highest BCUT2D eigenvalue weighted by Gasteiger charge is 2.10. The lowest BCUT2D eigenvalue weighted by molar-refractivity contribution is -0.132. The molecule has 0 N–H and O–H groups in total. The number of carbonyl (C=O) groups excluding carboxylic acids is 1. The number of hydrogen-bond donors (Lipinski definition) is 0. The van der Waals surface area contributed by atoms with E-state index in [0.29, 0.717) is 18.9 Å². The molecule has 0 bridgehead atoms. The zero-order valence-corrected chi connectivity index (χ0v) is 14.3. The standard InChI is InChI=1S/C19H24N2O3/c1-3-14-23-17-7-9-18(10-8-17)24-15-19(22)21(2)13-11-16-6-4-5-12-20-16/h4-10,12H,3,11,13-15H2,1-2H3. The zero-order chi connectivity index (χ0) is 17.2. The van der Waals surface area contributed by atoms with Crippen molar-refractivity contribution in [1.82, 2.24) is 9.88 Å². The van der Waals surface area contributed by atoms with Crippen molar-refractivity contribution >= 4 is 5.91 Å². The molecule has 1 heterocycles. The van der Waals surface area contributed by atoms with Crippen molar-refractivity contribution in [3.05, 3.63) is 54.4 Å². The Morgan fingerprint density at radius 1 is 1.08 bits per heavy atom. The Balaban J connectivity index is 1.73. The van der Waals surface area contributed by atoms with E-state index in [1.165, 1.54) is 0 Å². The van der Waals surface area contributed by atoms with Gasteiger partial charge in [0.05, 0.1) is 6.61 Å². The van der Waals surface area contributed by atoms with E-state index in [1.54, 1.807) is 18.1 Å². The van der Waals surface area contributed by atoms with Gasteiger partial charge in [0.2, 0.25) is 0 Å². The molecule has 0 aliphatic rings. The summed E-state index contributed by atoms with van der Waals surface area (Å²) >= 11 is 0. The molecule has 1 aromatic heterocycles. The third kappa shape index (κ3) is 5.91. The first-order valence-electron chi connectivity index (χ1n) is 8.18. The monoisotopic (exact) mass is 328 g/mol. The van der Waals surface area contributed by atoms with Crippen LogP contribution in [0.3, 0.4) is 0 Å². The van der Waals surface area contributed by atoms with Crippen molar-refractivity contribution < 1.29 is 14.3 Å². The second-order valence-electron chi connectivity index (χ2n) is 5.49. The van der Waals surface area contributed by atoms with E-state index in [4.69, 9.17) is 9.47 Å². The second kappa shape index (κ2) is 9.55. The second-order valence-corrected chi connectivity index (χ2v) is 5.49. The molecule has 0 saturated carbocycles. The summed E-state index contributed by atoms with van der Waals surface area (Å²) < 4.78 is 11.0. The molecule has 0 unspecified atom stereocenters. The van der Waals surface area contributed by atoms with Gasteiger partial charge in [-0.05, 0) is 42.8 Å². The lowest BCUT2D eigenvalue weighted by atomic mass is 10.2. The van der Waals surface area contributed by atoms with Crippen LogP contribution in [-0.4, -0.2) is 42.6 Å². The van der Waals surface area contributed by atoms with Crippen LogP contribution in [0.4, 0.5) is 0 Å². The number of rotatable bonds is 9. The van der Waals surface area contributed by atoms with Crippen LogP contribution in [0.2, 0.25) is 0 Å². The fourth-order valence-electron chi connectivity index (χ4n) is 2.06. The minimum Gasteiger partial charge on any atom is -0.494 e. The van der Waals surface area contributed by atoms with Crippen LogP contribution in [0.1, 0.15) is 19.0 Å². The molecule has 0 saturated heterocycles. The molecule has 2 rings (SSSR count). The molecule has 0 aliphatic heterocycles. The maximum Gasteiger partial charge on any atom is 0.260 e. The topological polar surface area (TPSA) is 51.7 Å². The molecule has 0 atom stereocenters. The molecular formula is C19H24N2O3. The quantitative estimate of drug-likeness (QED) is 0.710. The molecule has 0 aliphatic carbocycles. The normalized spacial score (nSPS) is 10.2. The van der Waals surface area contributed by atoms with E-state index >= 15 is 0 Å². The Labute approximate surface area is 143 Å². The Morgan fingerprint density at radius 2 is 1.79 bits per heavy atom. The molecule has 5 nitrogen and oxygen atoms in total. The summed E-state index contributed by atoms with van der Waals surface area (Å²) in [5, 5.41) is 0. The molecule has 24 heavy (non-hydrogen) atoms. The van der Waals surface area contributed by atoms with E-state index in [9.17, 15) is 4.79 Å². The predicted octanol–water partition coefficient (Wildman–Crippen LogP) is 2.95. The number of carbonyl (C=O) groups is 1. The number of likely N-dealkylation sites (N-methyl/N-ethyl adjacent to an activating group) is 1. The zero-order valence-electron chi connectivity index (χ0n) is 14.3. The van der Waals surface area contributed by atoms with Gasteiger partial charge in [0.1, 0.15) is 11.5 Å². The van der Waals surface area contributed by atoms with Crippen molar-refractivity contribution in [3.8, 4) is 11.5 Å². The SMILES string of the molecule is CCCOc1ccc(OCC(=O)N(C)CCc2ccccn2)cc1. The van der Waals surface area contributed by atoms with Gasteiger partial charge >= 0.3 is 0 Å². The van der Waals surface area contributed by atoms with Crippen LogP contribution in [0.15, 0.2) is 48.7 Å². The van der Waals surface area contributed by atoms with E-state index in [1.807, 2.05) is 42.5 Å². The van der Waals surface area contributed by atoms with Crippen LogP contribution in [0.5, 0.6) is 11.5 Å². The highest BCUT2D eigenvalue weighted by atomic mass is 16.5. The molecule has 1 aromatic carbocycles. The van der Waals surface area contributed by atoms with Crippen molar-refractivity contribution in [2.75, 3.05) is 26.8 Å².